The zero-order valence-corrected chi connectivity index (χ0v) is 12.8. The number of esters is 1. The largest absolute Gasteiger partial charge is 0.466 e. The quantitative estimate of drug-likeness (QED) is 0.842. The van der Waals surface area contributed by atoms with Crippen LogP contribution in [-0.4, -0.2) is 17.6 Å². The Morgan fingerprint density at radius 3 is 2.84 bits per heavy atom. The highest BCUT2D eigenvalue weighted by atomic mass is 79.9. The fraction of sp³-hybridized carbons (Fsp3) is 0.231. The summed E-state index contributed by atoms with van der Waals surface area (Å²) in [6.07, 6.45) is 0.215. The summed E-state index contributed by atoms with van der Waals surface area (Å²) in [6, 6.07) is 7.82. The first-order valence-corrected chi connectivity index (χ1v) is 7.47. The van der Waals surface area contributed by atoms with E-state index in [2.05, 4.69) is 26.2 Å². The Hall–Kier alpha value is -1.40. The minimum Gasteiger partial charge on any atom is -0.466 e. The normalized spacial score (nSPS) is 10.2. The maximum Gasteiger partial charge on any atom is 0.311 e. The average molecular weight is 341 g/mol. The molecule has 100 valence electrons. The first-order valence-electron chi connectivity index (χ1n) is 5.80. The Kier molecular flexibility index (Phi) is 4.93. The number of ether oxygens (including phenoxy) is 1. The predicted octanol–water partition coefficient (Wildman–Crippen LogP) is 3.75. The van der Waals surface area contributed by atoms with E-state index in [1.54, 1.807) is 6.92 Å². The number of hydrogen-bond acceptors (Lipinski definition) is 5. The lowest BCUT2D eigenvalue weighted by Crippen LogP contribution is -2.07. The molecule has 0 aliphatic heterocycles. The Morgan fingerprint density at radius 2 is 2.16 bits per heavy atom. The Labute approximate surface area is 124 Å². The summed E-state index contributed by atoms with van der Waals surface area (Å²) in [7, 11) is 0. The van der Waals surface area contributed by atoms with Crippen LogP contribution in [0, 0.1) is 0 Å². The molecule has 6 heteroatoms. The van der Waals surface area contributed by atoms with Gasteiger partial charge in [0.15, 0.2) is 5.13 Å². The first kappa shape index (κ1) is 14.0. The van der Waals surface area contributed by atoms with Crippen molar-refractivity contribution in [2.75, 3.05) is 11.9 Å². The predicted molar refractivity (Wildman–Crippen MR) is 79.9 cm³/mol. The minimum atomic E-state index is -0.247. The van der Waals surface area contributed by atoms with Crippen LogP contribution in [0.2, 0.25) is 0 Å². The fourth-order valence-corrected chi connectivity index (χ4v) is 2.46. The highest BCUT2D eigenvalue weighted by molar-refractivity contribution is 9.10. The van der Waals surface area contributed by atoms with E-state index in [0.717, 1.165) is 21.0 Å². The second kappa shape index (κ2) is 6.68. The topological polar surface area (TPSA) is 51.2 Å². The number of hydrogen-bond donors (Lipinski definition) is 1. The van der Waals surface area contributed by atoms with Gasteiger partial charge in [-0.3, -0.25) is 4.79 Å². The molecule has 2 aromatic rings. The zero-order valence-electron chi connectivity index (χ0n) is 10.4. The third kappa shape index (κ3) is 4.33. The zero-order chi connectivity index (χ0) is 13.7. The highest BCUT2D eigenvalue weighted by Gasteiger charge is 2.08. The van der Waals surface area contributed by atoms with Gasteiger partial charge in [-0.1, -0.05) is 15.9 Å². The monoisotopic (exact) mass is 340 g/mol. The number of benzene rings is 1. The number of carbonyl (C=O) groups excluding carboxylic acids is 1. The molecule has 0 atom stereocenters. The summed E-state index contributed by atoms with van der Waals surface area (Å²) in [4.78, 5) is 15.7. The van der Waals surface area contributed by atoms with Gasteiger partial charge in [-0.05, 0) is 31.2 Å². The van der Waals surface area contributed by atoms with Gasteiger partial charge in [0.05, 0.1) is 18.7 Å². The number of nitrogens with zero attached hydrogens (tertiary/aromatic N) is 1. The van der Waals surface area contributed by atoms with Crippen molar-refractivity contribution in [3.8, 4) is 0 Å². The van der Waals surface area contributed by atoms with Crippen LogP contribution < -0.4 is 5.32 Å². The molecule has 4 nitrogen and oxygen atoms in total. The second-order valence-electron chi connectivity index (χ2n) is 3.76. The van der Waals surface area contributed by atoms with Crippen LogP contribution in [-0.2, 0) is 16.0 Å². The van der Waals surface area contributed by atoms with Crippen molar-refractivity contribution < 1.29 is 9.53 Å². The van der Waals surface area contributed by atoms with Crippen molar-refractivity contribution in [1.82, 2.24) is 4.98 Å². The van der Waals surface area contributed by atoms with Gasteiger partial charge >= 0.3 is 5.97 Å². The molecule has 1 aromatic carbocycles. The van der Waals surface area contributed by atoms with Crippen molar-refractivity contribution >= 4 is 44.1 Å². The van der Waals surface area contributed by atoms with Gasteiger partial charge in [0.2, 0.25) is 0 Å². The molecule has 1 N–H and O–H groups in total. The molecular weight excluding hydrogens is 328 g/mol. The van der Waals surface area contributed by atoms with Crippen LogP contribution in [0.1, 0.15) is 12.6 Å². The van der Waals surface area contributed by atoms with Crippen molar-refractivity contribution in [2.24, 2.45) is 0 Å². The van der Waals surface area contributed by atoms with Crippen molar-refractivity contribution in [1.29, 1.82) is 0 Å². The molecule has 0 aliphatic carbocycles. The lowest BCUT2D eigenvalue weighted by atomic mass is 10.3. The van der Waals surface area contributed by atoms with E-state index in [9.17, 15) is 4.79 Å². The van der Waals surface area contributed by atoms with Crippen LogP contribution in [0.5, 0.6) is 0 Å². The van der Waals surface area contributed by atoms with Crippen molar-refractivity contribution in [3.63, 3.8) is 0 Å². The molecule has 0 aliphatic rings. The van der Waals surface area contributed by atoms with E-state index in [-0.39, 0.29) is 12.4 Å². The van der Waals surface area contributed by atoms with Crippen LogP contribution in [0.3, 0.4) is 0 Å². The number of rotatable bonds is 5. The molecule has 0 unspecified atom stereocenters. The summed E-state index contributed by atoms with van der Waals surface area (Å²) in [5, 5.41) is 5.82. The molecule has 19 heavy (non-hydrogen) atoms. The number of anilines is 2. The van der Waals surface area contributed by atoms with Gasteiger partial charge in [-0.2, -0.15) is 0 Å². The maximum atomic E-state index is 11.3. The van der Waals surface area contributed by atoms with Gasteiger partial charge in [-0.15, -0.1) is 11.3 Å². The summed E-state index contributed by atoms with van der Waals surface area (Å²) < 4.78 is 5.91. The lowest BCUT2D eigenvalue weighted by Gasteiger charge is -2.02. The molecule has 0 fully saturated rings. The minimum absolute atomic E-state index is 0.215. The van der Waals surface area contributed by atoms with E-state index in [0.29, 0.717) is 6.61 Å². The van der Waals surface area contributed by atoms with E-state index in [4.69, 9.17) is 4.74 Å². The van der Waals surface area contributed by atoms with Gasteiger partial charge in [0.1, 0.15) is 0 Å². The average Bonchev–Trinajstić information content (AvgIpc) is 2.80. The second-order valence-corrected chi connectivity index (χ2v) is 5.53. The molecule has 1 aromatic heterocycles. The SMILES string of the molecule is CCOC(=O)Cc1csc(Nc2ccc(Br)cc2)n1. The van der Waals surface area contributed by atoms with Gasteiger partial charge < -0.3 is 10.1 Å². The molecule has 0 radical (unpaired) electrons. The Balaban J connectivity index is 1.97. The van der Waals surface area contributed by atoms with E-state index in [1.165, 1.54) is 11.3 Å². The number of halogens is 1. The highest BCUT2D eigenvalue weighted by Crippen LogP contribution is 2.22. The summed E-state index contributed by atoms with van der Waals surface area (Å²) in [5.74, 6) is -0.247. The molecule has 0 spiro atoms. The van der Waals surface area contributed by atoms with Crippen LogP contribution in [0.4, 0.5) is 10.8 Å². The van der Waals surface area contributed by atoms with Gasteiger partial charge in [-0.25, -0.2) is 4.98 Å². The lowest BCUT2D eigenvalue weighted by molar-refractivity contribution is -0.142. The van der Waals surface area contributed by atoms with E-state index in [1.807, 2.05) is 29.6 Å². The van der Waals surface area contributed by atoms with Crippen LogP contribution >= 0.6 is 27.3 Å². The number of thiazole rings is 1. The smallest absolute Gasteiger partial charge is 0.311 e. The standard InChI is InChI=1S/C13H13BrN2O2S/c1-2-18-12(17)7-11-8-19-13(16-11)15-10-5-3-9(14)4-6-10/h3-6,8H,2,7H2,1H3,(H,15,16). The first-order chi connectivity index (χ1) is 9.17. The van der Waals surface area contributed by atoms with Gasteiger partial charge in [0.25, 0.3) is 0 Å². The summed E-state index contributed by atoms with van der Waals surface area (Å²) in [6.45, 7) is 2.19. The fourth-order valence-electron chi connectivity index (χ4n) is 1.46. The Bertz CT molecular complexity index is 554. The molecular formula is C13H13BrN2O2S. The van der Waals surface area contributed by atoms with Crippen LogP contribution in [0.25, 0.3) is 0 Å². The Morgan fingerprint density at radius 1 is 1.42 bits per heavy atom. The number of aromatic nitrogens is 1. The number of nitrogens with one attached hydrogen (secondary N) is 1. The third-order valence-corrected chi connectivity index (χ3v) is 3.61. The number of carbonyl (C=O) groups is 1. The summed E-state index contributed by atoms with van der Waals surface area (Å²) in [5.41, 5.74) is 1.68. The molecule has 0 saturated carbocycles. The van der Waals surface area contributed by atoms with Crippen LogP contribution in [0.15, 0.2) is 34.1 Å². The van der Waals surface area contributed by atoms with Crippen molar-refractivity contribution in [3.05, 3.63) is 39.8 Å². The third-order valence-electron chi connectivity index (χ3n) is 2.28. The molecule has 2 rings (SSSR count). The molecule has 0 amide bonds. The molecule has 1 heterocycles. The van der Waals surface area contributed by atoms with E-state index < -0.39 is 0 Å². The van der Waals surface area contributed by atoms with E-state index >= 15 is 0 Å². The van der Waals surface area contributed by atoms with Crippen molar-refractivity contribution in [2.45, 2.75) is 13.3 Å². The van der Waals surface area contributed by atoms with Gasteiger partial charge in [0, 0.05) is 15.5 Å². The molecule has 0 bridgehead atoms. The summed E-state index contributed by atoms with van der Waals surface area (Å²) >= 11 is 4.85. The maximum absolute atomic E-state index is 11.3. The molecule has 0 saturated heterocycles.